The minimum Gasteiger partial charge on any atom is -0.258 e. The summed E-state index contributed by atoms with van der Waals surface area (Å²) in [5.41, 5.74) is 3.55. The molecule has 0 fully saturated rings. The second-order valence-electron chi connectivity index (χ2n) is 5.79. The maximum absolute atomic E-state index is 11.1. The number of nitro benzene ring substituents is 1. The van der Waals surface area contributed by atoms with Gasteiger partial charge in [-0.3, -0.25) is 15.1 Å². The maximum atomic E-state index is 11.1. The van der Waals surface area contributed by atoms with E-state index in [9.17, 15) is 10.1 Å². The van der Waals surface area contributed by atoms with Crippen molar-refractivity contribution in [3.05, 3.63) is 75.8 Å². The smallest absolute Gasteiger partial charge is 0.258 e. The largest absolute Gasteiger partial charge is 0.276 e. The number of hydrogen-bond acceptors (Lipinski definition) is 3. The third kappa shape index (κ3) is 2.33. The lowest BCUT2D eigenvalue weighted by atomic mass is 9.81. The fourth-order valence-electron chi connectivity index (χ4n) is 2.72. The Morgan fingerprint density at radius 3 is 2.45 bits per heavy atom. The lowest BCUT2D eigenvalue weighted by Gasteiger charge is -2.20. The van der Waals surface area contributed by atoms with E-state index in [-0.39, 0.29) is 16.0 Å². The number of aliphatic imine (C=N–C) groups is 1. The molecule has 0 bridgehead atoms. The van der Waals surface area contributed by atoms with Gasteiger partial charge in [0, 0.05) is 11.5 Å². The summed E-state index contributed by atoms with van der Waals surface area (Å²) >= 11 is 0. The number of nitrogens with zero attached hydrogens (tertiary/aromatic N) is 2. The molecule has 0 radical (unpaired) electrons. The van der Waals surface area contributed by atoms with Gasteiger partial charge in [-0.2, -0.15) is 0 Å². The van der Waals surface area contributed by atoms with E-state index in [1.165, 1.54) is 11.6 Å². The predicted molar refractivity (Wildman–Crippen MR) is 88.7 cm³/mol. The first-order valence-electron chi connectivity index (χ1n) is 7.10. The Balaban J connectivity index is 1.97. The van der Waals surface area contributed by atoms with E-state index in [1.807, 2.05) is 24.3 Å². The van der Waals surface area contributed by atoms with Crippen LogP contribution >= 0.6 is 0 Å². The van der Waals surface area contributed by atoms with Gasteiger partial charge in [-0.15, -0.1) is 0 Å². The van der Waals surface area contributed by atoms with Crippen LogP contribution in [0.5, 0.6) is 0 Å². The normalized spacial score (nSPS) is 15.6. The molecule has 0 aromatic heterocycles. The lowest BCUT2D eigenvalue weighted by Crippen LogP contribution is -2.23. The quantitative estimate of drug-likeness (QED) is 0.609. The first-order chi connectivity index (χ1) is 10.5. The van der Waals surface area contributed by atoms with Crippen molar-refractivity contribution < 1.29 is 4.92 Å². The van der Waals surface area contributed by atoms with Crippen molar-refractivity contribution in [2.75, 3.05) is 0 Å². The van der Waals surface area contributed by atoms with Crippen molar-refractivity contribution in [3.8, 4) is 0 Å². The molecule has 0 N–H and O–H groups in total. The third-order valence-electron chi connectivity index (χ3n) is 4.01. The molecule has 22 heavy (non-hydrogen) atoms. The van der Waals surface area contributed by atoms with E-state index >= 15 is 0 Å². The second-order valence-corrected chi connectivity index (χ2v) is 5.79. The number of hydrogen-bond donors (Lipinski definition) is 0. The van der Waals surface area contributed by atoms with Gasteiger partial charge in [-0.05, 0) is 29.8 Å². The molecule has 0 aliphatic carbocycles. The van der Waals surface area contributed by atoms with Crippen LogP contribution < -0.4 is 0 Å². The molecular formula is C18H16N2O2. The van der Waals surface area contributed by atoms with E-state index in [2.05, 4.69) is 24.9 Å². The van der Waals surface area contributed by atoms with Crippen LogP contribution in [0.15, 0.2) is 59.6 Å². The summed E-state index contributed by atoms with van der Waals surface area (Å²) in [6.07, 6.45) is 3.65. The zero-order chi connectivity index (χ0) is 15.7. The van der Waals surface area contributed by atoms with Gasteiger partial charge in [0.2, 0.25) is 0 Å². The van der Waals surface area contributed by atoms with Crippen molar-refractivity contribution >= 4 is 23.2 Å². The summed E-state index contributed by atoms with van der Waals surface area (Å²) in [5.74, 6) is 0. The Bertz CT molecular complexity index is 804. The minimum atomic E-state index is -0.365. The Morgan fingerprint density at radius 2 is 1.73 bits per heavy atom. The molecule has 0 atom stereocenters. The average molecular weight is 292 g/mol. The zero-order valence-corrected chi connectivity index (χ0v) is 12.5. The van der Waals surface area contributed by atoms with Gasteiger partial charge < -0.3 is 0 Å². The molecule has 0 saturated carbocycles. The molecular weight excluding hydrogens is 276 g/mol. The van der Waals surface area contributed by atoms with Gasteiger partial charge >= 0.3 is 0 Å². The van der Waals surface area contributed by atoms with Gasteiger partial charge in [0.1, 0.15) is 0 Å². The first kappa shape index (κ1) is 14.2. The van der Waals surface area contributed by atoms with Crippen LogP contribution in [0.2, 0.25) is 0 Å². The Labute approximate surface area is 129 Å². The van der Waals surface area contributed by atoms with Crippen molar-refractivity contribution in [3.63, 3.8) is 0 Å². The fraction of sp³-hybridized carbons (Fsp3) is 0.167. The van der Waals surface area contributed by atoms with Crippen molar-refractivity contribution in [1.82, 2.24) is 0 Å². The van der Waals surface area contributed by atoms with Crippen LogP contribution in [-0.4, -0.2) is 10.6 Å². The van der Waals surface area contributed by atoms with Gasteiger partial charge in [0.15, 0.2) is 0 Å². The number of rotatable bonds is 3. The molecule has 1 heterocycles. The highest BCUT2D eigenvalue weighted by Gasteiger charge is 2.33. The number of fused-ring (bicyclic) bond motifs is 1. The highest BCUT2D eigenvalue weighted by Crippen LogP contribution is 2.40. The topological polar surface area (TPSA) is 55.5 Å². The molecule has 110 valence electrons. The summed E-state index contributed by atoms with van der Waals surface area (Å²) < 4.78 is 0. The average Bonchev–Trinajstić information content (AvgIpc) is 2.77. The molecule has 1 aliphatic heterocycles. The Morgan fingerprint density at radius 1 is 1.05 bits per heavy atom. The molecule has 2 aromatic carbocycles. The van der Waals surface area contributed by atoms with E-state index in [1.54, 1.807) is 24.3 Å². The predicted octanol–water partition coefficient (Wildman–Crippen LogP) is 4.67. The standard InChI is InChI=1S/C18H16N2O2/c1-18(2)14-8-4-5-9-15(14)19-17(18)12-11-13-7-3-6-10-16(13)20(21)22/h3-12H,1-2H3/b12-11+. The highest BCUT2D eigenvalue weighted by molar-refractivity contribution is 6.10. The number of para-hydroxylation sites is 2. The van der Waals surface area contributed by atoms with Crippen molar-refractivity contribution in [2.24, 2.45) is 4.99 Å². The van der Waals surface area contributed by atoms with Gasteiger partial charge in [-0.25, -0.2) is 0 Å². The summed E-state index contributed by atoms with van der Waals surface area (Å²) in [4.78, 5) is 15.4. The van der Waals surface area contributed by atoms with Gasteiger partial charge in [0.25, 0.3) is 5.69 Å². The van der Waals surface area contributed by atoms with E-state index in [4.69, 9.17) is 0 Å². The van der Waals surface area contributed by atoms with Crippen LogP contribution in [0.1, 0.15) is 25.0 Å². The molecule has 1 aliphatic rings. The van der Waals surface area contributed by atoms with Crippen LogP contribution in [0.3, 0.4) is 0 Å². The minimum absolute atomic E-state index is 0.104. The zero-order valence-electron chi connectivity index (χ0n) is 12.5. The van der Waals surface area contributed by atoms with E-state index in [0.29, 0.717) is 5.56 Å². The number of benzene rings is 2. The van der Waals surface area contributed by atoms with Gasteiger partial charge in [0.05, 0.1) is 21.9 Å². The van der Waals surface area contributed by atoms with Crippen molar-refractivity contribution in [1.29, 1.82) is 0 Å². The molecule has 4 heteroatoms. The lowest BCUT2D eigenvalue weighted by molar-refractivity contribution is -0.385. The molecule has 4 nitrogen and oxygen atoms in total. The monoisotopic (exact) mass is 292 g/mol. The summed E-state index contributed by atoms with van der Waals surface area (Å²) in [6.45, 7) is 4.23. The Hall–Kier alpha value is -2.75. The first-order valence-corrected chi connectivity index (χ1v) is 7.10. The van der Waals surface area contributed by atoms with Crippen LogP contribution in [-0.2, 0) is 5.41 Å². The molecule has 0 unspecified atom stereocenters. The second kappa shape index (κ2) is 5.22. The molecule has 0 saturated heterocycles. The Kier molecular flexibility index (Phi) is 3.37. The van der Waals surface area contributed by atoms with Crippen LogP contribution in [0.25, 0.3) is 6.08 Å². The van der Waals surface area contributed by atoms with E-state index in [0.717, 1.165) is 11.4 Å². The fourth-order valence-corrected chi connectivity index (χ4v) is 2.72. The molecule has 0 spiro atoms. The van der Waals surface area contributed by atoms with E-state index < -0.39 is 0 Å². The third-order valence-corrected chi connectivity index (χ3v) is 4.01. The SMILES string of the molecule is CC1(C)C(/C=C/c2ccccc2[N+](=O)[O-])=Nc2ccccc21. The van der Waals surface area contributed by atoms with Crippen LogP contribution in [0.4, 0.5) is 11.4 Å². The molecule has 2 aromatic rings. The molecule has 3 rings (SSSR count). The summed E-state index contributed by atoms with van der Waals surface area (Å²) in [7, 11) is 0. The summed E-state index contributed by atoms with van der Waals surface area (Å²) in [5, 5.41) is 11.1. The summed E-state index contributed by atoms with van der Waals surface area (Å²) in [6, 6.07) is 14.7. The molecule has 0 amide bonds. The number of nitro groups is 1. The van der Waals surface area contributed by atoms with Gasteiger partial charge in [-0.1, -0.05) is 44.2 Å². The highest BCUT2D eigenvalue weighted by atomic mass is 16.6. The maximum Gasteiger partial charge on any atom is 0.276 e. The van der Waals surface area contributed by atoms with Crippen LogP contribution in [0, 0.1) is 10.1 Å². The van der Waals surface area contributed by atoms with Crippen molar-refractivity contribution in [2.45, 2.75) is 19.3 Å². The number of allylic oxidation sites excluding steroid dienone is 1.